The smallest absolute Gasteiger partial charge is 0.332 e. The van der Waals surface area contributed by atoms with E-state index in [0.29, 0.717) is 17.2 Å². The number of hydrogen-bond donors (Lipinski definition) is 1. The predicted octanol–water partition coefficient (Wildman–Crippen LogP) is 3.05. The lowest BCUT2D eigenvalue weighted by Gasteiger charge is -2.23. The molecule has 6 heteroatoms. The van der Waals surface area contributed by atoms with Gasteiger partial charge in [0, 0.05) is 17.3 Å². The van der Waals surface area contributed by atoms with Crippen LogP contribution in [-0.4, -0.2) is 37.6 Å². The van der Waals surface area contributed by atoms with Crippen molar-refractivity contribution in [2.24, 2.45) is 0 Å². The Hall–Kier alpha value is -3.28. The van der Waals surface area contributed by atoms with Crippen LogP contribution in [0.2, 0.25) is 0 Å². The molecule has 0 amide bonds. The third-order valence-corrected chi connectivity index (χ3v) is 4.12. The quantitative estimate of drug-likeness (QED) is 0.758. The van der Waals surface area contributed by atoms with Gasteiger partial charge < -0.3 is 19.5 Å². The first-order valence-electron chi connectivity index (χ1n) is 8.67. The Kier molecular flexibility index (Phi) is 5.76. The maximum atomic E-state index is 12.5. The van der Waals surface area contributed by atoms with Crippen molar-refractivity contribution < 1.29 is 23.8 Å². The summed E-state index contributed by atoms with van der Waals surface area (Å²) in [6.45, 7) is 1.92. The van der Waals surface area contributed by atoms with Crippen molar-refractivity contribution in [3.63, 3.8) is 0 Å². The molecule has 0 aromatic heterocycles. The van der Waals surface area contributed by atoms with Crippen molar-refractivity contribution in [1.82, 2.24) is 0 Å². The highest BCUT2D eigenvalue weighted by atomic mass is 16.5. The average Bonchev–Trinajstić information content (AvgIpc) is 3.09. The Morgan fingerprint density at radius 1 is 1.15 bits per heavy atom. The molecule has 1 N–H and O–H groups in total. The van der Waals surface area contributed by atoms with Gasteiger partial charge in [0.1, 0.15) is 11.5 Å². The third-order valence-electron chi connectivity index (χ3n) is 4.12. The molecule has 1 heterocycles. The van der Waals surface area contributed by atoms with Crippen molar-refractivity contribution in [2.45, 2.75) is 19.1 Å². The lowest BCUT2D eigenvalue weighted by atomic mass is 10.1. The van der Waals surface area contributed by atoms with E-state index < -0.39 is 18.1 Å². The summed E-state index contributed by atoms with van der Waals surface area (Å²) in [6, 6.07) is 15.4. The van der Waals surface area contributed by atoms with Gasteiger partial charge >= 0.3 is 5.97 Å². The molecule has 2 atom stereocenters. The normalized spacial score (nSPS) is 16.9. The summed E-state index contributed by atoms with van der Waals surface area (Å²) in [5, 5.41) is 3.05. The van der Waals surface area contributed by atoms with Crippen LogP contribution in [0.15, 0.2) is 60.7 Å². The van der Waals surface area contributed by atoms with Gasteiger partial charge in [0.15, 0.2) is 12.1 Å². The molecule has 0 bridgehead atoms. The van der Waals surface area contributed by atoms with Crippen LogP contribution in [0.4, 0.5) is 5.69 Å². The Morgan fingerprint density at radius 3 is 2.48 bits per heavy atom. The Morgan fingerprint density at radius 2 is 1.85 bits per heavy atom. The molecule has 1 aliphatic rings. The number of anilines is 1. The number of ether oxygens (including phenoxy) is 3. The standard InChI is InChI=1S/C21H21NO5/c1-3-26-21(24)19(22-15-9-11-16(25-2)12-10-15)20-17(23)13-18(27-20)14-7-5-4-6-8-14/h4-13,19-20,22H,3H2,1-2H3. The summed E-state index contributed by atoms with van der Waals surface area (Å²) in [7, 11) is 1.58. The minimum Gasteiger partial charge on any atom is -0.497 e. The molecule has 27 heavy (non-hydrogen) atoms. The maximum Gasteiger partial charge on any atom is 0.332 e. The van der Waals surface area contributed by atoms with E-state index in [-0.39, 0.29) is 12.4 Å². The van der Waals surface area contributed by atoms with Crippen LogP contribution in [0.5, 0.6) is 5.75 Å². The minimum atomic E-state index is -0.999. The highest BCUT2D eigenvalue weighted by Crippen LogP contribution is 2.28. The molecule has 1 aliphatic heterocycles. The van der Waals surface area contributed by atoms with Crippen LogP contribution in [-0.2, 0) is 19.1 Å². The molecule has 2 aromatic carbocycles. The average molecular weight is 367 g/mol. The van der Waals surface area contributed by atoms with E-state index in [0.717, 1.165) is 5.56 Å². The maximum absolute atomic E-state index is 12.5. The number of benzene rings is 2. The molecule has 0 saturated heterocycles. The summed E-state index contributed by atoms with van der Waals surface area (Å²) < 4.78 is 16.1. The van der Waals surface area contributed by atoms with Gasteiger partial charge in [-0.15, -0.1) is 0 Å². The number of hydrogen-bond acceptors (Lipinski definition) is 6. The summed E-state index contributed by atoms with van der Waals surface area (Å²) in [5.41, 5.74) is 1.43. The van der Waals surface area contributed by atoms with E-state index in [1.54, 1.807) is 38.3 Å². The van der Waals surface area contributed by atoms with Crippen molar-refractivity contribution in [3.8, 4) is 5.75 Å². The molecule has 2 unspecified atom stereocenters. The molecule has 140 valence electrons. The van der Waals surface area contributed by atoms with Crippen molar-refractivity contribution in [3.05, 3.63) is 66.2 Å². The molecular weight excluding hydrogens is 346 g/mol. The predicted molar refractivity (Wildman–Crippen MR) is 101 cm³/mol. The Bertz CT molecular complexity index is 829. The highest BCUT2D eigenvalue weighted by Gasteiger charge is 2.40. The molecule has 2 aromatic rings. The summed E-state index contributed by atoms with van der Waals surface area (Å²) in [5.74, 6) is 0.299. The van der Waals surface area contributed by atoms with E-state index in [1.165, 1.54) is 6.08 Å². The largest absolute Gasteiger partial charge is 0.497 e. The van der Waals surface area contributed by atoms with Gasteiger partial charge in [0.2, 0.25) is 5.78 Å². The zero-order chi connectivity index (χ0) is 19.2. The van der Waals surface area contributed by atoms with Crippen molar-refractivity contribution in [2.75, 3.05) is 19.0 Å². The number of carbonyl (C=O) groups excluding carboxylic acids is 2. The molecule has 0 aliphatic carbocycles. The topological polar surface area (TPSA) is 73.9 Å². The first kappa shape index (κ1) is 18.5. The highest BCUT2D eigenvalue weighted by molar-refractivity contribution is 6.05. The number of nitrogens with one attached hydrogen (secondary N) is 1. The van der Waals surface area contributed by atoms with Crippen LogP contribution in [0.25, 0.3) is 5.76 Å². The molecular formula is C21H21NO5. The van der Waals surface area contributed by atoms with Gasteiger partial charge in [-0.05, 0) is 31.2 Å². The third kappa shape index (κ3) is 4.28. The zero-order valence-electron chi connectivity index (χ0n) is 15.2. The van der Waals surface area contributed by atoms with Crippen LogP contribution < -0.4 is 10.1 Å². The second-order valence-electron chi connectivity index (χ2n) is 5.92. The fraction of sp³-hybridized carbons (Fsp3) is 0.238. The number of ketones is 1. The lowest BCUT2D eigenvalue weighted by molar-refractivity contribution is -0.148. The second-order valence-corrected chi connectivity index (χ2v) is 5.92. The van der Waals surface area contributed by atoms with Gasteiger partial charge in [-0.3, -0.25) is 4.79 Å². The molecule has 0 fully saturated rings. The minimum absolute atomic E-state index is 0.208. The number of esters is 1. The summed E-state index contributed by atoms with van der Waals surface area (Å²) in [6.07, 6.45) is 0.420. The molecule has 3 rings (SSSR count). The van der Waals surface area contributed by atoms with Gasteiger partial charge in [-0.1, -0.05) is 30.3 Å². The second kappa shape index (κ2) is 8.40. The number of methoxy groups -OCH3 is 1. The van der Waals surface area contributed by atoms with Gasteiger partial charge in [-0.2, -0.15) is 0 Å². The molecule has 0 spiro atoms. The Labute approximate surface area is 157 Å². The molecule has 6 nitrogen and oxygen atoms in total. The monoisotopic (exact) mass is 367 g/mol. The fourth-order valence-corrected chi connectivity index (χ4v) is 2.78. The van der Waals surface area contributed by atoms with E-state index in [9.17, 15) is 9.59 Å². The van der Waals surface area contributed by atoms with Crippen LogP contribution in [0.1, 0.15) is 12.5 Å². The van der Waals surface area contributed by atoms with Gasteiger partial charge in [0.25, 0.3) is 0 Å². The number of rotatable bonds is 7. The van der Waals surface area contributed by atoms with Crippen molar-refractivity contribution >= 4 is 23.2 Å². The summed E-state index contributed by atoms with van der Waals surface area (Å²) >= 11 is 0. The molecule has 0 saturated carbocycles. The van der Waals surface area contributed by atoms with Gasteiger partial charge in [-0.25, -0.2) is 4.79 Å². The van der Waals surface area contributed by atoms with E-state index >= 15 is 0 Å². The van der Waals surface area contributed by atoms with Crippen LogP contribution in [0, 0.1) is 0 Å². The van der Waals surface area contributed by atoms with Crippen LogP contribution in [0.3, 0.4) is 0 Å². The zero-order valence-corrected chi connectivity index (χ0v) is 15.2. The van der Waals surface area contributed by atoms with E-state index in [4.69, 9.17) is 14.2 Å². The first-order valence-corrected chi connectivity index (χ1v) is 8.67. The molecule has 0 radical (unpaired) electrons. The first-order chi connectivity index (χ1) is 13.1. The van der Waals surface area contributed by atoms with E-state index in [1.807, 2.05) is 30.3 Å². The number of carbonyl (C=O) groups is 2. The lowest BCUT2D eigenvalue weighted by Crippen LogP contribution is -2.45. The van der Waals surface area contributed by atoms with E-state index in [2.05, 4.69) is 5.32 Å². The van der Waals surface area contributed by atoms with Gasteiger partial charge in [0.05, 0.1) is 13.7 Å². The van der Waals surface area contributed by atoms with Crippen molar-refractivity contribution in [1.29, 1.82) is 0 Å². The Balaban J connectivity index is 1.81. The van der Waals surface area contributed by atoms with Crippen LogP contribution >= 0.6 is 0 Å². The summed E-state index contributed by atoms with van der Waals surface area (Å²) in [4.78, 5) is 25.0. The fourth-order valence-electron chi connectivity index (χ4n) is 2.78. The SMILES string of the molecule is CCOC(=O)C(Nc1ccc(OC)cc1)C1OC(c2ccccc2)=CC1=O.